The van der Waals surface area contributed by atoms with Crippen molar-refractivity contribution in [2.45, 2.75) is 29.9 Å². The van der Waals surface area contributed by atoms with Crippen molar-refractivity contribution >= 4 is 21.6 Å². The molecule has 0 aromatic carbocycles. The first-order chi connectivity index (χ1) is 6.07. The van der Waals surface area contributed by atoms with E-state index in [9.17, 15) is 8.42 Å². The second-order valence-corrected chi connectivity index (χ2v) is 7.81. The summed E-state index contributed by atoms with van der Waals surface area (Å²) in [5.41, 5.74) is 0. The Kier molecular flexibility index (Phi) is 2.59. The van der Waals surface area contributed by atoms with E-state index in [0.717, 1.165) is 13.0 Å². The molecule has 5 heteroatoms. The zero-order valence-corrected chi connectivity index (χ0v) is 9.33. The molecule has 2 rings (SSSR count). The number of hydrogen-bond donors (Lipinski definition) is 1. The van der Waals surface area contributed by atoms with E-state index in [0.29, 0.717) is 28.0 Å². The Bertz CT molecular complexity index is 289. The van der Waals surface area contributed by atoms with Crippen molar-refractivity contribution in [1.29, 1.82) is 0 Å². The number of sulfone groups is 1. The summed E-state index contributed by atoms with van der Waals surface area (Å²) in [4.78, 5) is 0. The molecule has 0 radical (unpaired) electrons. The average molecular weight is 221 g/mol. The number of nitrogens with one attached hydrogen (secondary N) is 1. The maximum atomic E-state index is 11.4. The molecular formula is C8H15NO2S2. The number of fused-ring (bicyclic) bond motifs is 1. The zero-order valence-electron chi connectivity index (χ0n) is 7.69. The van der Waals surface area contributed by atoms with Crippen LogP contribution < -0.4 is 5.32 Å². The summed E-state index contributed by atoms with van der Waals surface area (Å²) in [7, 11) is -2.74. The minimum absolute atomic E-state index is 0.294. The molecule has 2 saturated heterocycles. The lowest BCUT2D eigenvalue weighted by atomic mass is 10.1. The topological polar surface area (TPSA) is 46.2 Å². The second kappa shape index (κ2) is 3.44. The van der Waals surface area contributed by atoms with Gasteiger partial charge < -0.3 is 5.32 Å². The quantitative estimate of drug-likeness (QED) is 0.638. The highest BCUT2D eigenvalue weighted by Gasteiger charge is 2.36. The van der Waals surface area contributed by atoms with Crippen LogP contribution in [0.5, 0.6) is 0 Å². The predicted molar refractivity (Wildman–Crippen MR) is 55.9 cm³/mol. The van der Waals surface area contributed by atoms with Gasteiger partial charge in [-0.05, 0) is 6.42 Å². The van der Waals surface area contributed by atoms with Crippen molar-refractivity contribution in [3.8, 4) is 0 Å². The molecule has 0 aromatic heterocycles. The van der Waals surface area contributed by atoms with Gasteiger partial charge in [-0.1, -0.05) is 6.92 Å². The number of rotatable bonds is 0. The Morgan fingerprint density at radius 2 is 2.23 bits per heavy atom. The third-order valence-electron chi connectivity index (χ3n) is 2.68. The molecule has 2 fully saturated rings. The van der Waals surface area contributed by atoms with Gasteiger partial charge in [0, 0.05) is 23.1 Å². The molecule has 0 amide bonds. The molecule has 13 heavy (non-hydrogen) atoms. The van der Waals surface area contributed by atoms with Crippen LogP contribution in [0.1, 0.15) is 13.3 Å². The van der Waals surface area contributed by atoms with Gasteiger partial charge in [-0.15, -0.1) is 0 Å². The van der Waals surface area contributed by atoms with Gasteiger partial charge >= 0.3 is 0 Å². The van der Waals surface area contributed by atoms with Gasteiger partial charge in [0.1, 0.15) is 0 Å². The van der Waals surface area contributed by atoms with Gasteiger partial charge in [0.05, 0.1) is 11.5 Å². The van der Waals surface area contributed by atoms with Crippen LogP contribution in [0.3, 0.4) is 0 Å². The van der Waals surface area contributed by atoms with Crippen molar-refractivity contribution in [3.63, 3.8) is 0 Å². The summed E-state index contributed by atoms with van der Waals surface area (Å²) >= 11 is 1.83. The molecular weight excluding hydrogens is 206 g/mol. The van der Waals surface area contributed by atoms with E-state index in [1.54, 1.807) is 0 Å². The zero-order chi connectivity index (χ0) is 9.47. The highest BCUT2D eigenvalue weighted by molar-refractivity contribution is 8.02. The SMILES string of the molecule is CC1CNC2CCS(=O)(=O)CC2S1. The van der Waals surface area contributed by atoms with Crippen LogP contribution in [0.15, 0.2) is 0 Å². The van der Waals surface area contributed by atoms with E-state index in [1.807, 2.05) is 11.8 Å². The van der Waals surface area contributed by atoms with Crippen molar-refractivity contribution in [2.24, 2.45) is 0 Å². The fraction of sp³-hybridized carbons (Fsp3) is 1.00. The minimum Gasteiger partial charge on any atom is -0.312 e. The van der Waals surface area contributed by atoms with Crippen LogP contribution in [0.25, 0.3) is 0 Å². The van der Waals surface area contributed by atoms with E-state index in [1.165, 1.54) is 0 Å². The maximum Gasteiger partial charge on any atom is 0.151 e. The van der Waals surface area contributed by atoms with Crippen molar-refractivity contribution < 1.29 is 8.42 Å². The van der Waals surface area contributed by atoms with E-state index in [-0.39, 0.29) is 0 Å². The fourth-order valence-electron chi connectivity index (χ4n) is 1.97. The van der Waals surface area contributed by atoms with E-state index in [2.05, 4.69) is 12.2 Å². The normalized spacial score (nSPS) is 43.9. The maximum absolute atomic E-state index is 11.4. The van der Waals surface area contributed by atoms with Gasteiger partial charge in [-0.2, -0.15) is 11.8 Å². The molecule has 0 aliphatic carbocycles. The van der Waals surface area contributed by atoms with Crippen LogP contribution in [-0.4, -0.2) is 43.0 Å². The molecule has 3 atom stereocenters. The lowest BCUT2D eigenvalue weighted by molar-refractivity contribution is 0.459. The Hall–Kier alpha value is 0.260. The third-order valence-corrected chi connectivity index (χ3v) is 6.09. The molecule has 2 heterocycles. The first kappa shape index (κ1) is 9.80. The standard InChI is InChI=1S/C8H15NO2S2/c1-6-4-9-7-2-3-13(10,11)5-8(7)12-6/h6-9H,2-5H2,1H3. The van der Waals surface area contributed by atoms with Crippen LogP contribution in [0, 0.1) is 0 Å². The highest BCUT2D eigenvalue weighted by atomic mass is 32.2. The monoisotopic (exact) mass is 221 g/mol. The average Bonchev–Trinajstić information content (AvgIpc) is 2.01. The van der Waals surface area contributed by atoms with Gasteiger partial charge in [0.15, 0.2) is 9.84 Å². The second-order valence-electron chi connectivity index (χ2n) is 3.90. The van der Waals surface area contributed by atoms with Crippen molar-refractivity contribution in [3.05, 3.63) is 0 Å². The highest BCUT2D eigenvalue weighted by Crippen LogP contribution is 2.30. The lowest BCUT2D eigenvalue weighted by Gasteiger charge is -2.38. The Balaban J connectivity index is 2.08. The smallest absolute Gasteiger partial charge is 0.151 e. The van der Waals surface area contributed by atoms with E-state index >= 15 is 0 Å². The van der Waals surface area contributed by atoms with Crippen LogP contribution >= 0.6 is 11.8 Å². The van der Waals surface area contributed by atoms with Crippen LogP contribution in [-0.2, 0) is 9.84 Å². The molecule has 2 aliphatic rings. The molecule has 3 nitrogen and oxygen atoms in total. The van der Waals surface area contributed by atoms with Gasteiger partial charge in [0.2, 0.25) is 0 Å². The van der Waals surface area contributed by atoms with Gasteiger partial charge in [-0.3, -0.25) is 0 Å². The summed E-state index contributed by atoms with van der Waals surface area (Å²) in [6.45, 7) is 3.17. The van der Waals surface area contributed by atoms with Crippen molar-refractivity contribution in [1.82, 2.24) is 5.32 Å². The molecule has 0 aromatic rings. The first-order valence-electron chi connectivity index (χ1n) is 4.66. The molecule has 0 spiro atoms. The summed E-state index contributed by atoms with van der Waals surface area (Å²) in [5, 5.41) is 4.27. The Labute approximate surface area is 83.6 Å². The van der Waals surface area contributed by atoms with Gasteiger partial charge in [0.25, 0.3) is 0 Å². The number of hydrogen-bond acceptors (Lipinski definition) is 4. The summed E-state index contributed by atoms with van der Waals surface area (Å²) < 4.78 is 22.7. The largest absolute Gasteiger partial charge is 0.312 e. The molecule has 76 valence electrons. The van der Waals surface area contributed by atoms with Crippen molar-refractivity contribution in [2.75, 3.05) is 18.1 Å². The Morgan fingerprint density at radius 1 is 1.46 bits per heavy atom. The predicted octanol–water partition coefficient (Wildman–Crippen LogP) is 0.267. The summed E-state index contributed by atoms with van der Waals surface area (Å²) in [5.74, 6) is 0.746. The molecule has 2 aliphatic heterocycles. The minimum atomic E-state index is -2.74. The summed E-state index contributed by atoms with van der Waals surface area (Å²) in [6, 6.07) is 0.435. The van der Waals surface area contributed by atoms with Crippen LogP contribution in [0.4, 0.5) is 0 Å². The fourth-order valence-corrected chi connectivity index (χ4v) is 5.63. The van der Waals surface area contributed by atoms with Crippen LogP contribution in [0.2, 0.25) is 0 Å². The number of thioether (sulfide) groups is 1. The Morgan fingerprint density at radius 3 is 3.00 bits per heavy atom. The molecule has 1 N–H and O–H groups in total. The van der Waals surface area contributed by atoms with Gasteiger partial charge in [-0.25, -0.2) is 8.42 Å². The molecule has 0 bridgehead atoms. The molecule has 0 saturated carbocycles. The van der Waals surface area contributed by atoms with E-state index in [4.69, 9.17) is 0 Å². The first-order valence-corrected chi connectivity index (χ1v) is 7.42. The molecule has 3 unspecified atom stereocenters. The third kappa shape index (κ3) is 2.19. The van der Waals surface area contributed by atoms with E-state index < -0.39 is 9.84 Å². The summed E-state index contributed by atoms with van der Waals surface area (Å²) in [6.07, 6.45) is 0.798. The lowest BCUT2D eigenvalue weighted by Crippen LogP contribution is -2.53.